The summed E-state index contributed by atoms with van der Waals surface area (Å²) >= 11 is 6.86. The standard InChI is InChI=1S/C13H18Br2N2O2/c1-8(2)17(3)13(18)7-16-11-6-12(19-4)10(15)5-9(11)14/h5-6,8,16H,7H2,1-4H3. The van der Waals surface area contributed by atoms with Crippen molar-refractivity contribution in [3.05, 3.63) is 21.1 Å². The highest BCUT2D eigenvalue weighted by Crippen LogP contribution is 2.34. The molecule has 0 aliphatic heterocycles. The summed E-state index contributed by atoms with van der Waals surface area (Å²) in [6.07, 6.45) is 0. The average Bonchev–Trinajstić information content (AvgIpc) is 2.36. The maximum atomic E-state index is 11.9. The van der Waals surface area contributed by atoms with E-state index >= 15 is 0 Å². The molecule has 4 nitrogen and oxygen atoms in total. The van der Waals surface area contributed by atoms with Crippen LogP contribution in [0.2, 0.25) is 0 Å². The van der Waals surface area contributed by atoms with Crippen molar-refractivity contribution >= 4 is 43.5 Å². The highest BCUT2D eigenvalue weighted by molar-refractivity contribution is 9.11. The number of hydrogen-bond acceptors (Lipinski definition) is 3. The van der Waals surface area contributed by atoms with Crippen LogP contribution in [0.5, 0.6) is 5.75 Å². The van der Waals surface area contributed by atoms with Crippen molar-refractivity contribution in [3.8, 4) is 5.75 Å². The van der Waals surface area contributed by atoms with Crippen LogP contribution in [-0.2, 0) is 4.79 Å². The number of nitrogens with zero attached hydrogens (tertiary/aromatic N) is 1. The summed E-state index contributed by atoms with van der Waals surface area (Å²) in [5.74, 6) is 0.763. The van der Waals surface area contributed by atoms with Crippen LogP contribution in [0.1, 0.15) is 13.8 Å². The highest BCUT2D eigenvalue weighted by Gasteiger charge is 2.13. The smallest absolute Gasteiger partial charge is 0.241 e. The first-order valence-electron chi connectivity index (χ1n) is 5.89. The molecule has 0 aliphatic carbocycles. The molecule has 1 rings (SSSR count). The van der Waals surface area contributed by atoms with E-state index in [1.165, 1.54) is 0 Å². The molecule has 0 aliphatic rings. The fraction of sp³-hybridized carbons (Fsp3) is 0.462. The minimum atomic E-state index is 0.0452. The lowest BCUT2D eigenvalue weighted by atomic mass is 10.3. The summed E-state index contributed by atoms with van der Waals surface area (Å²) in [5.41, 5.74) is 0.825. The summed E-state index contributed by atoms with van der Waals surface area (Å²) in [5, 5.41) is 3.11. The predicted octanol–water partition coefficient (Wildman–Crippen LogP) is 3.50. The van der Waals surface area contributed by atoms with Crippen LogP contribution >= 0.6 is 31.9 Å². The number of hydrogen-bond donors (Lipinski definition) is 1. The monoisotopic (exact) mass is 392 g/mol. The Kier molecular flexibility index (Phi) is 6.13. The third-order valence-electron chi connectivity index (χ3n) is 2.84. The fourth-order valence-corrected chi connectivity index (χ4v) is 2.70. The molecule has 1 aromatic carbocycles. The van der Waals surface area contributed by atoms with E-state index in [4.69, 9.17) is 4.74 Å². The second-order valence-electron chi connectivity index (χ2n) is 4.42. The van der Waals surface area contributed by atoms with Crippen molar-refractivity contribution in [2.45, 2.75) is 19.9 Å². The number of benzene rings is 1. The molecule has 0 spiro atoms. The van der Waals surface area contributed by atoms with Gasteiger partial charge in [-0.3, -0.25) is 4.79 Å². The molecule has 6 heteroatoms. The zero-order valence-electron chi connectivity index (χ0n) is 11.5. The molecule has 0 radical (unpaired) electrons. The zero-order valence-corrected chi connectivity index (χ0v) is 14.6. The van der Waals surface area contributed by atoms with Crippen molar-refractivity contribution in [2.75, 3.05) is 26.0 Å². The third-order valence-corrected chi connectivity index (χ3v) is 4.12. The number of carbonyl (C=O) groups excluding carboxylic acids is 1. The van der Waals surface area contributed by atoms with Crippen LogP contribution in [0.15, 0.2) is 21.1 Å². The lowest BCUT2D eigenvalue weighted by Gasteiger charge is -2.22. The van der Waals surface area contributed by atoms with Gasteiger partial charge in [-0.2, -0.15) is 0 Å². The Morgan fingerprint density at radius 1 is 1.37 bits per heavy atom. The summed E-state index contributed by atoms with van der Waals surface area (Å²) < 4.78 is 6.96. The Morgan fingerprint density at radius 2 is 2.00 bits per heavy atom. The second kappa shape index (κ2) is 7.14. The topological polar surface area (TPSA) is 41.6 Å². The van der Waals surface area contributed by atoms with E-state index in [1.54, 1.807) is 19.1 Å². The Morgan fingerprint density at radius 3 is 2.53 bits per heavy atom. The molecule has 0 unspecified atom stereocenters. The molecule has 106 valence electrons. The van der Waals surface area contributed by atoms with E-state index in [1.807, 2.05) is 26.0 Å². The number of likely N-dealkylation sites (N-methyl/N-ethyl adjacent to an activating group) is 1. The third kappa shape index (κ3) is 4.38. The van der Waals surface area contributed by atoms with E-state index in [0.29, 0.717) is 0 Å². The lowest BCUT2D eigenvalue weighted by molar-refractivity contribution is -0.129. The van der Waals surface area contributed by atoms with Gasteiger partial charge in [-0.05, 0) is 51.8 Å². The van der Waals surface area contributed by atoms with E-state index < -0.39 is 0 Å². The molecule has 0 fully saturated rings. The molecular weight excluding hydrogens is 376 g/mol. The van der Waals surface area contributed by atoms with Crippen LogP contribution in [0.4, 0.5) is 5.69 Å². The Hall–Kier alpha value is -0.750. The van der Waals surface area contributed by atoms with E-state index in [0.717, 1.165) is 20.4 Å². The van der Waals surface area contributed by atoms with Gasteiger partial charge in [0.2, 0.25) is 5.91 Å². The van der Waals surface area contributed by atoms with Gasteiger partial charge in [0.1, 0.15) is 5.75 Å². The number of methoxy groups -OCH3 is 1. The number of halogens is 2. The van der Waals surface area contributed by atoms with Crippen molar-refractivity contribution in [2.24, 2.45) is 0 Å². The first kappa shape index (κ1) is 16.3. The minimum absolute atomic E-state index is 0.0452. The summed E-state index contributed by atoms with van der Waals surface area (Å²) in [7, 11) is 3.40. The number of ether oxygens (including phenoxy) is 1. The molecule has 0 saturated carbocycles. The van der Waals surface area contributed by atoms with Crippen molar-refractivity contribution in [1.82, 2.24) is 4.90 Å². The molecule has 0 heterocycles. The second-order valence-corrected chi connectivity index (χ2v) is 6.13. The number of anilines is 1. The van der Waals surface area contributed by atoms with Gasteiger partial charge in [0, 0.05) is 23.6 Å². The number of amides is 1. The predicted molar refractivity (Wildman–Crippen MR) is 84.8 cm³/mol. The average molecular weight is 394 g/mol. The lowest BCUT2D eigenvalue weighted by Crippen LogP contribution is -2.37. The molecule has 19 heavy (non-hydrogen) atoms. The first-order chi connectivity index (χ1) is 8.86. The molecule has 0 aromatic heterocycles. The molecule has 0 saturated heterocycles. The largest absolute Gasteiger partial charge is 0.495 e. The van der Waals surface area contributed by atoms with Crippen LogP contribution in [-0.4, -0.2) is 37.6 Å². The maximum absolute atomic E-state index is 11.9. The van der Waals surface area contributed by atoms with Crippen LogP contribution in [0, 0.1) is 0 Å². The quantitative estimate of drug-likeness (QED) is 0.832. The summed E-state index contributed by atoms with van der Waals surface area (Å²) in [6, 6.07) is 3.92. The zero-order chi connectivity index (χ0) is 14.6. The molecule has 1 amide bonds. The molecule has 1 N–H and O–H groups in total. The van der Waals surface area contributed by atoms with Gasteiger partial charge in [0.25, 0.3) is 0 Å². The number of rotatable bonds is 5. The van der Waals surface area contributed by atoms with Crippen LogP contribution in [0.25, 0.3) is 0 Å². The Labute approximate surface area is 130 Å². The van der Waals surface area contributed by atoms with Gasteiger partial charge in [-0.25, -0.2) is 0 Å². The number of carbonyl (C=O) groups is 1. The molecular formula is C13H18Br2N2O2. The SMILES string of the molecule is COc1cc(NCC(=O)N(C)C(C)C)c(Br)cc1Br. The van der Waals surface area contributed by atoms with Crippen molar-refractivity contribution in [3.63, 3.8) is 0 Å². The van der Waals surface area contributed by atoms with Gasteiger partial charge >= 0.3 is 0 Å². The summed E-state index contributed by atoms with van der Waals surface area (Å²) in [4.78, 5) is 13.6. The number of nitrogens with one attached hydrogen (secondary N) is 1. The van der Waals surface area contributed by atoms with E-state index in [2.05, 4.69) is 37.2 Å². The van der Waals surface area contributed by atoms with Crippen LogP contribution < -0.4 is 10.1 Å². The van der Waals surface area contributed by atoms with Gasteiger partial charge < -0.3 is 15.0 Å². The fourth-order valence-electron chi connectivity index (χ4n) is 1.40. The first-order valence-corrected chi connectivity index (χ1v) is 7.48. The Balaban J connectivity index is 2.75. The molecule has 0 bridgehead atoms. The van der Waals surface area contributed by atoms with Crippen molar-refractivity contribution < 1.29 is 9.53 Å². The van der Waals surface area contributed by atoms with Crippen molar-refractivity contribution in [1.29, 1.82) is 0 Å². The Bertz CT molecular complexity index is 464. The highest BCUT2D eigenvalue weighted by atomic mass is 79.9. The minimum Gasteiger partial charge on any atom is -0.495 e. The summed E-state index contributed by atoms with van der Waals surface area (Å²) in [6.45, 7) is 4.21. The molecule has 0 atom stereocenters. The van der Waals surface area contributed by atoms with Gasteiger partial charge in [-0.15, -0.1) is 0 Å². The van der Waals surface area contributed by atoms with E-state index in [9.17, 15) is 4.79 Å². The van der Waals surface area contributed by atoms with Gasteiger partial charge in [0.05, 0.1) is 23.8 Å². The van der Waals surface area contributed by atoms with Gasteiger partial charge in [0.15, 0.2) is 0 Å². The molecule has 1 aromatic rings. The van der Waals surface area contributed by atoms with Gasteiger partial charge in [-0.1, -0.05) is 0 Å². The normalized spacial score (nSPS) is 10.5. The maximum Gasteiger partial charge on any atom is 0.241 e. The van der Waals surface area contributed by atoms with Crippen LogP contribution in [0.3, 0.4) is 0 Å². The van der Waals surface area contributed by atoms with E-state index in [-0.39, 0.29) is 18.5 Å².